The molecule has 0 spiro atoms. The second-order valence-electron chi connectivity index (χ2n) is 4.77. The normalized spacial score (nSPS) is 18.9. The number of nitrogens with zero attached hydrogens (tertiary/aromatic N) is 4. The van der Waals surface area contributed by atoms with Crippen LogP contribution in [0.1, 0.15) is 31.2 Å². The molecule has 0 amide bonds. The van der Waals surface area contributed by atoms with Crippen LogP contribution in [0.15, 0.2) is 12.3 Å². The minimum atomic E-state index is -0.755. The molecule has 1 aliphatic heterocycles. The van der Waals surface area contributed by atoms with E-state index < -0.39 is 5.97 Å². The number of carboxylic acids is 1. The van der Waals surface area contributed by atoms with Gasteiger partial charge in [-0.15, -0.1) is 5.10 Å². The van der Waals surface area contributed by atoms with Gasteiger partial charge >= 0.3 is 5.97 Å². The Morgan fingerprint density at radius 3 is 3.21 bits per heavy atom. The van der Waals surface area contributed by atoms with Crippen LogP contribution in [0, 0.1) is 17.2 Å². The third-order valence-corrected chi connectivity index (χ3v) is 3.41. The lowest BCUT2D eigenvalue weighted by molar-refractivity contribution is -0.137. The number of piperidine rings is 1. The fraction of sp³-hybridized carbons (Fsp3) is 0.538. The molecule has 1 aliphatic rings. The van der Waals surface area contributed by atoms with Crippen molar-refractivity contribution in [3.8, 4) is 6.07 Å². The van der Waals surface area contributed by atoms with E-state index in [0.29, 0.717) is 23.7 Å². The summed E-state index contributed by atoms with van der Waals surface area (Å²) < 4.78 is 0. The van der Waals surface area contributed by atoms with Gasteiger partial charge < -0.3 is 10.0 Å². The summed E-state index contributed by atoms with van der Waals surface area (Å²) in [5.41, 5.74) is 0.522. The van der Waals surface area contributed by atoms with E-state index in [-0.39, 0.29) is 6.42 Å². The summed E-state index contributed by atoms with van der Waals surface area (Å²) in [6.45, 7) is 1.59. The van der Waals surface area contributed by atoms with Gasteiger partial charge in [-0.05, 0) is 31.2 Å². The van der Waals surface area contributed by atoms with Gasteiger partial charge in [0.25, 0.3) is 0 Å². The third-order valence-electron chi connectivity index (χ3n) is 3.41. The third kappa shape index (κ3) is 3.41. The predicted molar refractivity (Wildman–Crippen MR) is 68.6 cm³/mol. The molecule has 0 aliphatic carbocycles. The summed E-state index contributed by atoms with van der Waals surface area (Å²) >= 11 is 0. The second kappa shape index (κ2) is 6.14. The van der Waals surface area contributed by atoms with Crippen molar-refractivity contribution in [2.24, 2.45) is 5.92 Å². The summed E-state index contributed by atoms with van der Waals surface area (Å²) in [6, 6.07) is 3.78. The van der Waals surface area contributed by atoms with E-state index in [4.69, 9.17) is 10.4 Å². The highest BCUT2D eigenvalue weighted by Crippen LogP contribution is 2.26. The van der Waals surface area contributed by atoms with Crippen LogP contribution in [0.5, 0.6) is 0 Å². The van der Waals surface area contributed by atoms with E-state index in [2.05, 4.69) is 16.3 Å². The van der Waals surface area contributed by atoms with Gasteiger partial charge in [-0.1, -0.05) is 0 Å². The molecule has 1 N–H and O–H groups in total. The fourth-order valence-corrected chi connectivity index (χ4v) is 2.47. The Kier molecular flexibility index (Phi) is 4.29. The van der Waals surface area contributed by atoms with E-state index in [1.165, 1.54) is 6.20 Å². The van der Waals surface area contributed by atoms with E-state index in [9.17, 15) is 4.79 Å². The van der Waals surface area contributed by atoms with Crippen LogP contribution < -0.4 is 4.90 Å². The Bertz CT molecular complexity index is 498. The number of carboxylic acid groups (broad SMARTS) is 1. The Labute approximate surface area is 111 Å². The highest BCUT2D eigenvalue weighted by molar-refractivity contribution is 5.66. The van der Waals surface area contributed by atoms with Crippen LogP contribution in [0.4, 0.5) is 5.82 Å². The smallest absolute Gasteiger partial charge is 0.303 e. The highest BCUT2D eigenvalue weighted by atomic mass is 16.4. The van der Waals surface area contributed by atoms with Crippen LogP contribution in [0.3, 0.4) is 0 Å². The van der Waals surface area contributed by atoms with Crippen molar-refractivity contribution < 1.29 is 9.90 Å². The average molecular weight is 260 g/mol. The molecule has 1 aromatic heterocycles. The minimum Gasteiger partial charge on any atom is -0.481 e. The zero-order chi connectivity index (χ0) is 13.7. The topological polar surface area (TPSA) is 90.1 Å². The summed E-state index contributed by atoms with van der Waals surface area (Å²) in [5, 5.41) is 25.7. The Balaban J connectivity index is 2.04. The van der Waals surface area contributed by atoms with Gasteiger partial charge in [-0.3, -0.25) is 4.79 Å². The largest absolute Gasteiger partial charge is 0.481 e. The minimum absolute atomic E-state index is 0.198. The first kappa shape index (κ1) is 13.3. The zero-order valence-corrected chi connectivity index (χ0v) is 10.6. The van der Waals surface area contributed by atoms with Gasteiger partial charge in [0.05, 0.1) is 11.8 Å². The maximum atomic E-state index is 10.6. The van der Waals surface area contributed by atoms with Crippen LogP contribution in [0.25, 0.3) is 0 Å². The number of carbonyl (C=O) groups is 1. The van der Waals surface area contributed by atoms with E-state index in [1.54, 1.807) is 6.07 Å². The number of aromatic nitrogens is 2. The van der Waals surface area contributed by atoms with Gasteiger partial charge in [0.1, 0.15) is 6.07 Å². The van der Waals surface area contributed by atoms with Crippen molar-refractivity contribution in [1.82, 2.24) is 10.2 Å². The lowest BCUT2D eigenvalue weighted by atomic mass is 9.93. The molecule has 0 aromatic carbocycles. The summed E-state index contributed by atoms with van der Waals surface area (Å²) in [7, 11) is 0. The highest BCUT2D eigenvalue weighted by Gasteiger charge is 2.23. The molecule has 1 atom stereocenters. The quantitative estimate of drug-likeness (QED) is 0.880. The van der Waals surface area contributed by atoms with Gasteiger partial charge in [0.2, 0.25) is 0 Å². The standard InChI is InChI=1S/C13H16N4O2/c14-8-11-5-6-15-16-13(11)17-7-1-2-10(9-17)3-4-12(18)19/h5-6,10H,1-4,7,9H2,(H,18,19). The number of anilines is 1. The Hall–Kier alpha value is -2.16. The van der Waals surface area contributed by atoms with Crippen LogP contribution >= 0.6 is 0 Å². The maximum absolute atomic E-state index is 10.6. The first-order chi connectivity index (χ1) is 9.20. The molecule has 1 aromatic rings. The molecule has 1 saturated heterocycles. The molecule has 2 heterocycles. The molecule has 0 saturated carbocycles. The van der Waals surface area contributed by atoms with Crippen LogP contribution in [-0.4, -0.2) is 34.4 Å². The molecule has 19 heavy (non-hydrogen) atoms. The summed E-state index contributed by atoms with van der Waals surface area (Å²) in [5.74, 6) is 0.206. The van der Waals surface area contributed by atoms with Crippen molar-refractivity contribution in [2.45, 2.75) is 25.7 Å². The van der Waals surface area contributed by atoms with Crippen molar-refractivity contribution in [3.05, 3.63) is 17.8 Å². The number of hydrogen-bond donors (Lipinski definition) is 1. The van der Waals surface area contributed by atoms with Crippen molar-refractivity contribution in [3.63, 3.8) is 0 Å². The molecule has 1 fully saturated rings. The van der Waals surface area contributed by atoms with Crippen LogP contribution in [0.2, 0.25) is 0 Å². The molecule has 6 nitrogen and oxygen atoms in total. The first-order valence-corrected chi connectivity index (χ1v) is 6.39. The SMILES string of the molecule is N#Cc1ccnnc1N1CCCC(CCC(=O)O)C1. The molecule has 1 unspecified atom stereocenters. The number of aliphatic carboxylic acids is 1. The van der Waals surface area contributed by atoms with Gasteiger partial charge in [-0.25, -0.2) is 0 Å². The number of nitriles is 1. The van der Waals surface area contributed by atoms with Gasteiger partial charge in [0, 0.05) is 19.5 Å². The zero-order valence-electron chi connectivity index (χ0n) is 10.6. The lowest BCUT2D eigenvalue weighted by Crippen LogP contribution is -2.36. The van der Waals surface area contributed by atoms with Gasteiger partial charge in [-0.2, -0.15) is 10.4 Å². The number of hydrogen-bond acceptors (Lipinski definition) is 5. The monoisotopic (exact) mass is 260 g/mol. The maximum Gasteiger partial charge on any atom is 0.303 e. The molecule has 6 heteroatoms. The number of rotatable bonds is 4. The van der Waals surface area contributed by atoms with Crippen molar-refractivity contribution >= 4 is 11.8 Å². The second-order valence-corrected chi connectivity index (χ2v) is 4.77. The van der Waals surface area contributed by atoms with Crippen LogP contribution in [-0.2, 0) is 4.79 Å². The lowest BCUT2D eigenvalue weighted by Gasteiger charge is -2.33. The van der Waals surface area contributed by atoms with Gasteiger partial charge in [0.15, 0.2) is 5.82 Å². The van der Waals surface area contributed by atoms with E-state index >= 15 is 0 Å². The molecular weight excluding hydrogens is 244 g/mol. The van der Waals surface area contributed by atoms with Crippen molar-refractivity contribution in [2.75, 3.05) is 18.0 Å². The first-order valence-electron chi connectivity index (χ1n) is 6.39. The Morgan fingerprint density at radius 1 is 1.63 bits per heavy atom. The molecule has 0 bridgehead atoms. The molecule has 0 radical (unpaired) electrons. The Morgan fingerprint density at radius 2 is 2.47 bits per heavy atom. The van der Waals surface area contributed by atoms with Crippen molar-refractivity contribution in [1.29, 1.82) is 5.26 Å². The van der Waals surface area contributed by atoms with E-state index in [1.807, 2.05) is 4.90 Å². The fourth-order valence-electron chi connectivity index (χ4n) is 2.47. The van der Waals surface area contributed by atoms with E-state index in [0.717, 1.165) is 25.9 Å². The summed E-state index contributed by atoms with van der Waals surface area (Å²) in [6.07, 6.45) is 4.41. The molecule has 100 valence electrons. The predicted octanol–water partition coefficient (Wildman–Crippen LogP) is 1.43. The summed E-state index contributed by atoms with van der Waals surface area (Å²) in [4.78, 5) is 12.7. The average Bonchev–Trinajstić information content (AvgIpc) is 2.45. The molecular formula is C13H16N4O2. The molecule has 2 rings (SSSR count).